The summed E-state index contributed by atoms with van der Waals surface area (Å²) in [4.78, 5) is 15.6. The number of nitrogens with two attached hydrogens (primary N) is 1. The van der Waals surface area contributed by atoms with Gasteiger partial charge in [0.1, 0.15) is 0 Å². The van der Waals surface area contributed by atoms with Crippen LogP contribution in [-0.4, -0.2) is 36.0 Å². The van der Waals surface area contributed by atoms with Crippen LogP contribution in [0.3, 0.4) is 0 Å². The SMILES string of the molecule is CC(NC(=O)CN1CCCCC1C(C)N)c1cccs1.Cl. The highest BCUT2D eigenvalue weighted by atomic mass is 35.5. The number of likely N-dealkylation sites (tertiary alicyclic amines) is 1. The molecule has 0 aliphatic carbocycles. The average Bonchev–Trinajstić information content (AvgIpc) is 2.92. The van der Waals surface area contributed by atoms with Gasteiger partial charge in [0.2, 0.25) is 5.91 Å². The van der Waals surface area contributed by atoms with Gasteiger partial charge in [-0.1, -0.05) is 12.5 Å². The van der Waals surface area contributed by atoms with Gasteiger partial charge in [0, 0.05) is 17.0 Å². The fourth-order valence-corrected chi connectivity index (χ4v) is 3.62. The van der Waals surface area contributed by atoms with Gasteiger partial charge in [0.15, 0.2) is 0 Å². The Labute approximate surface area is 137 Å². The number of hydrogen-bond acceptors (Lipinski definition) is 4. The Morgan fingerprint density at radius 3 is 2.90 bits per heavy atom. The molecular formula is C15H26ClN3OS. The fraction of sp³-hybridized carbons (Fsp3) is 0.667. The summed E-state index contributed by atoms with van der Waals surface area (Å²) in [6.45, 7) is 5.51. The first kappa shape index (κ1) is 18.4. The second-order valence-corrected chi connectivity index (χ2v) is 6.68. The summed E-state index contributed by atoms with van der Waals surface area (Å²) in [6.07, 6.45) is 3.48. The second-order valence-electron chi connectivity index (χ2n) is 5.70. The van der Waals surface area contributed by atoms with E-state index in [9.17, 15) is 4.79 Å². The van der Waals surface area contributed by atoms with E-state index in [1.807, 2.05) is 25.3 Å². The van der Waals surface area contributed by atoms with Crippen LogP contribution in [0.2, 0.25) is 0 Å². The van der Waals surface area contributed by atoms with Crippen molar-refractivity contribution in [3.8, 4) is 0 Å². The molecule has 0 bridgehead atoms. The number of hydrogen-bond donors (Lipinski definition) is 2. The first-order valence-corrected chi connectivity index (χ1v) is 8.28. The van der Waals surface area contributed by atoms with Crippen LogP contribution in [0.25, 0.3) is 0 Å². The fourth-order valence-electron chi connectivity index (χ4n) is 2.89. The molecule has 1 amide bonds. The predicted octanol–water partition coefficient (Wildman–Crippen LogP) is 2.55. The van der Waals surface area contributed by atoms with Crippen LogP contribution >= 0.6 is 23.7 Å². The summed E-state index contributed by atoms with van der Waals surface area (Å²) in [5.74, 6) is 0.0958. The van der Waals surface area contributed by atoms with E-state index in [2.05, 4.69) is 16.3 Å². The minimum Gasteiger partial charge on any atom is -0.348 e. The van der Waals surface area contributed by atoms with E-state index < -0.39 is 0 Å². The van der Waals surface area contributed by atoms with Gasteiger partial charge >= 0.3 is 0 Å². The molecule has 21 heavy (non-hydrogen) atoms. The largest absolute Gasteiger partial charge is 0.348 e. The molecule has 0 aromatic carbocycles. The van der Waals surface area contributed by atoms with Crippen molar-refractivity contribution in [2.45, 2.75) is 51.2 Å². The number of carbonyl (C=O) groups is 1. The Morgan fingerprint density at radius 2 is 2.29 bits per heavy atom. The number of piperidine rings is 1. The Balaban J connectivity index is 0.00000220. The Hall–Kier alpha value is -0.620. The van der Waals surface area contributed by atoms with Gasteiger partial charge in [0.25, 0.3) is 0 Å². The molecule has 3 N–H and O–H groups in total. The molecule has 1 aliphatic rings. The molecule has 3 atom stereocenters. The van der Waals surface area contributed by atoms with E-state index in [1.165, 1.54) is 11.3 Å². The van der Waals surface area contributed by atoms with Crippen LogP contribution < -0.4 is 11.1 Å². The van der Waals surface area contributed by atoms with Gasteiger partial charge in [-0.05, 0) is 44.7 Å². The third-order valence-electron chi connectivity index (χ3n) is 3.97. The molecule has 6 heteroatoms. The number of nitrogens with zero attached hydrogens (tertiary/aromatic N) is 1. The van der Waals surface area contributed by atoms with Crippen LogP contribution in [0.15, 0.2) is 17.5 Å². The Kier molecular flexibility index (Phi) is 7.66. The summed E-state index contributed by atoms with van der Waals surface area (Å²) in [5.41, 5.74) is 6.04. The van der Waals surface area contributed by atoms with Gasteiger partial charge < -0.3 is 11.1 Å². The van der Waals surface area contributed by atoms with Crippen LogP contribution in [0, 0.1) is 0 Å². The highest BCUT2D eigenvalue weighted by Gasteiger charge is 2.27. The zero-order chi connectivity index (χ0) is 14.5. The lowest BCUT2D eigenvalue weighted by molar-refractivity contribution is -0.123. The molecule has 0 spiro atoms. The summed E-state index contributed by atoms with van der Waals surface area (Å²) in [5, 5.41) is 5.11. The topological polar surface area (TPSA) is 58.4 Å². The molecule has 2 heterocycles. The Morgan fingerprint density at radius 1 is 1.52 bits per heavy atom. The molecule has 1 aromatic rings. The van der Waals surface area contributed by atoms with Crippen LogP contribution in [0.4, 0.5) is 0 Å². The van der Waals surface area contributed by atoms with Crippen molar-refractivity contribution in [1.82, 2.24) is 10.2 Å². The van der Waals surface area contributed by atoms with E-state index in [0.717, 1.165) is 19.4 Å². The van der Waals surface area contributed by atoms with Crippen molar-refractivity contribution in [2.75, 3.05) is 13.1 Å². The van der Waals surface area contributed by atoms with Crippen LogP contribution in [-0.2, 0) is 4.79 Å². The number of carbonyl (C=O) groups excluding carboxylic acids is 1. The maximum atomic E-state index is 12.2. The first-order chi connectivity index (χ1) is 9.58. The lowest BCUT2D eigenvalue weighted by Gasteiger charge is -2.37. The van der Waals surface area contributed by atoms with Gasteiger partial charge in [-0.3, -0.25) is 9.69 Å². The predicted molar refractivity (Wildman–Crippen MR) is 91.0 cm³/mol. The van der Waals surface area contributed by atoms with E-state index in [-0.39, 0.29) is 30.4 Å². The van der Waals surface area contributed by atoms with Crippen molar-refractivity contribution in [3.63, 3.8) is 0 Å². The van der Waals surface area contributed by atoms with Crippen LogP contribution in [0.5, 0.6) is 0 Å². The average molecular weight is 332 g/mol. The molecule has 4 nitrogen and oxygen atoms in total. The molecule has 2 rings (SSSR count). The van der Waals surface area contributed by atoms with Gasteiger partial charge in [0.05, 0.1) is 12.6 Å². The zero-order valence-corrected chi connectivity index (χ0v) is 14.4. The van der Waals surface area contributed by atoms with Crippen molar-refractivity contribution in [3.05, 3.63) is 22.4 Å². The van der Waals surface area contributed by atoms with Gasteiger partial charge in [-0.15, -0.1) is 23.7 Å². The number of rotatable bonds is 5. The van der Waals surface area contributed by atoms with Gasteiger partial charge in [-0.25, -0.2) is 0 Å². The molecule has 120 valence electrons. The quantitative estimate of drug-likeness (QED) is 0.871. The minimum absolute atomic E-state index is 0. The van der Waals surface area contributed by atoms with Crippen molar-refractivity contribution < 1.29 is 4.79 Å². The molecule has 1 fully saturated rings. The van der Waals surface area contributed by atoms with Gasteiger partial charge in [-0.2, -0.15) is 0 Å². The highest BCUT2D eigenvalue weighted by Crippen LogP contribution is 2.20. The molecular weight excluding hydrogens is 306 g/mol. The van der Waals surface area contributed by atoms with E-state index in [0.29, 0.717) is 12.6 Å². The van der Waals surface area contributed by atoms with E-state index >= 15 is 0 Å². The normalized spacial score (nSPS) is 22.1. The zero-order valence-electron chi connectivity index (χ0n) is 12.7. The standard InChI is InChI=1S/C15H25N3OS.ClH/c1-11(16)13-6-3-4-8-18(13)10-15(19)17-12(2)14-7-5-9-20-14;/h5,7,9,11-13H,3-4,6,8,10,16H2,1-2H3,(H,17,19);1H. The second kappa shape index (κ2) is 8.73. The smallest absolute Gasteiger partial charge is 0.234 e. The third-order valence-corrected chi connectivity index (χ3v) is 5.02. The maximum Gasteiger partial charge on any atom is 0.234 e. The third kappa shape index (κ3) is 5.25. The lowest BCUT2D eigenvalue weighted by atomic mass is 9.97. The maximum absolute atomic E-state index is 12.2. The lowest BCUT2D eigenvalue weighted by Crippen LogP contribution is -2.52. The summed E-state index contributed by atoms with van der Waals surface area (Å²) in [7, 11) is 0. The molecule has 0 radical (unpaired) electrons. The summed E-state index contributed by atoms with van der Waals surface area (Å²) < 4.78 is 0. The first-order valence-electron chi connectivity index (χ1n) is 7.40. The minimum atomic E-state index is 0. The molecule has 1 saturated heterocycles. The molecule has 1 aromatic heterocycles. The summed E-state index contributed by atoms with van der Waals surface area (Å²) in [6, 6.07) is 4.62. The summed E-state index contributed by atoms with van der Waals surface area (Å²) >= 11 is 1.68. The van der Waals surface area contributed by atoms with Crippen molar-refractivity contribution in [1.29, 1.82) is 0 Å². The highest BCUT2D eigenvalue weighted by molar-refractivity contribution is 7.10. The molecule has 3 unspecified atom stereocenters. The number of amides is 1. The van der Waals surface area contributed by atoms with E-state index in [1.54, 1.807) is 11.3 Å². The van der Waals surface area contributed by atoms with Crippen molar-refractivity contribution in [2.24, 2.45) is 5.73 Å². The van der Waals surface area contributed by atoms with Crippen molar-refractivity contribution >= 4 is 29.7 Å². The molecule has 0 saturated carbocycles. The number of thiophene rings is 1. The van der Waals surface area contributed by atoms with Crippen LogP contribution in [0.1, 0.15) is 44.0 Å². The Bertz CT molecular complexity index is 425. The number of nitrogens with one attached hydrogen (secondary N) is 1. The molecule has 1 aliphatic heterocycles. The van der Waals surface area contributed by atoms with E-state index in [4.69, 9.17) is 5.73 Å². The number of halogens is 1. The monoisotopic (exact) mass is 331 g/mol.